The van der Waals surface area contributed by atoms with E-state index in [1.807, 2.05) is 11.3 Å². The molecule has 0 spiro atoms. The highest BCUT2D eigenvalue weighted by Gasteiger charge is 2.06. The smallest absolute Gasteiger partial charge is 0.0963 e. The summed E-state index contributed by atoms with van der Waals surface area (Å²) in [6, 6.07) is 6.57. The van der Waals surface area contributed by atoms with E-state index in [-0.39, 0.29) is 0 Å². The van der Waals surface area contributed by atoms with Gasteiger partial charge < -0.3 is 0 Å². The molecule has 0 aliphatic carbocycles. The highest BCUT2D eigenvalue weighted by Crippen LogP contribution is 2.27. The maximum atomic E-state index is 4.61. The van der Waals surface area contributed by atoms with Crippen molar-refractivity contribution in [2.24, 2.45) is 0 Å². The van der Waals surface area contributed by atoms with Crippen molar-refractivity contribution in [2.75, 3.05) is 0 Å². The van der Waals surface area contributed by atoms with Gasteiger partial charge in [0.2, 0.25) is 0 Å². The zero-order valence-corrected chi connectivity index (χ0v) is 9.69. The van der Waals surface area contributed by atoms with Crippen molar-refractivity contribution in [1.29, 1.82) is 0 Å². The van der Waals surface area contributed by atoms with Crippen LogP contribution in [0.5, 0.6) is 0 Å². The van der Waals surface area contributed by atoms with Crippen LogP contribution in [-0.4, -0.2) is 4.98 Å². The first-order valence-electron chi connectivity index (χ1n) is 5.10. The van der Waals surface area contributed by atoms with Crippen LogP contribution in [0.2, 0.25) is 0 Å². The van der Waals surface area contributed by atoms with Gasteiger partial charge >= 0.3 is 0 Å². The van der Waals surface area contributed by atoms with Gasteiger partial charge in [-0.2, -0.15) is 0 Å². The third-order valence-electron chi connectivity index (χ3n) is 2.37. The van der Waals surface area contributed by atoms with Gasteiger partial charge in [-0.1, -0.05) is 26.8 Å². The first kappa shape index (κ1) is 9.66. The summed E-state index contributed by atoms with van der Waals surface area (Å²) in [5.41, 5.74) is 2.55. The van der Waals surface area contributed by atoms with E-state index in [0.717, 1.165) is 11.9 Å². The average molecular weight is 205 g/mol. The Morgan fingerprint density at radius 2 is 2.14 bits per heavy atom. The molecule has 0 atom stereocenters. The molecule has 74 valence electrons. The molecule has 0 bridgehead atoms. The molecule has 0 unspecified atom stereocenters. The number of aryl methyl sites for hydroxylation is 1. The molecule has 1 nitrogen and oxygen atoms in total. The van der Waals surface area contributed by atoms with E-state index in [9.17, 15) is 0 Å². The minimum absolute atomic E-state index is 0.539. The molecule has 0 amide bonds. The Labute approximate surface area is 88.8 Å². The fourth-order valence-electron chi connectivity index (χ4n) is 1.45. The largest absolute Gasteiger partial charge is 0.241 e. The van der Waals surface area contributed by atoms with Crippen LogP contribution in [0.3, 0.4) is 0 Å². The molecule has 0 aliphatic heterocycles. The Hall–Kier alpha value is -0.890. The number of rotatable bonds is 2. The lowest BCUT2D eigenvalue weighted by Gasteiger charge is -1.94. The van der Waals surface area contributed by atoms with E-state index in [1.165, 1.54) is 15.3 Å². The van der Waals surface area contributed by atoms with Crippen molar-refractivity contribution in [2.45, 2.75) is 33.1 Å². The average Bonchev–Trinajstić information content (AvgIpc) is 2.59. The van der Waals surface area contributed by atoms with Crippen LogP contribution >= 0.6 is 11.3 Å². The number of thiazole rings is 1. The molecule has 14 heavy (non-hydrogen) atoms. The van der Waals surface area contributed by atoms with E-state index >= 15 is 0 Å². The summed E-state index contributed by atoms with van der Waals surface area (Å²) in [6.45, 7) is 6.57. The Kier molecular flexibility index (Phi) is 2.55. The monoisotopic (exact) mass is 205 g/mol. The van der Waals surface area contributed by atoms with Crippen molar-refractivity contribution in [3.63, 3.8) is 0 Å². The summed E-state index contributed by atoms with van der Waals surface area (Å²) >= 11 is 1.82. The molecule has 2 aromatic rings. The maximum Gasteiger partial charge on any atom is 0.0963 e. The number of aromatic nitrogens is 1. The summed E-state index contributed by atoms with van der Waals surface area (Å²) in [5, 5.41) is 1.24. The number of hydrogen-bond donors (Lipinski definition) is 0. The van der Waals surface area contributed by atoms with Gasteiger partial charge in [-0.3, -0.25) is 0 Å². The van der Waals surface area contributed by atoms with E-state index in [1.54, 1.807) is 0 Å². The van der Waals surface area contributed by atoms with Gasteiger partial charge in [0.05, 0.1) is 15.2 Å². The second-order valence-electron chi connectivity index (χ2n) is 3.86. The summed E-state index contributed by atoms with van der Waals surface area (Å²) in [5.74, 6) is 0.539. The van der Waals surface area contributed by atoms with Crippen LogP contribution in [0, 0.1) is 0 Å². The minimum Gasteiger partial charge on any atom is -0.241 e. The maximum absolute atomic E-state index is 4.61. The highest BCUT2D eigenvalue weighted by atomic mass is 32.1. The van der Waals surface area contributed by atoms with E-state index in [0.29, 0.717) is 5.92 Å². The highest BCUT2D eigenvalue weighted by molar-refractivity contribution is 7.18. The van der Waals surface area contributed by atoms with Crippen molar-refractivity contribution in [3.05, 3.63) is 28.8 Å². The predicted octanol–water partition coefficient (Wildman–Crippen LogP) is 3.98. The molecule has 1 aromatic heterocycles. The van der Waals surface area contributed by atoms with Crippen molar-refractivity contribution in [3.8, 4) is 0 Å². The van der Waals surface area contributed by atoms with Crippen LogP contribution in [-0.2, 0) is 6.42 Å². The van der Waals surface area contributed by atoms with Gasteiger partial charge in [0, 0.05) is 5.92 Å². The zero-order valence-electron chi connectivity index (χ0n) is 8.87. The van der Waals surface area contributed by atoms with Gasteiger partial charge in [0.15, 0.2) is 0 Å². The van der Waals surface area contributed by atoms with Gasteiger partial charge in [0.25, 0.3) is 0 Å². The van der Waals surface area contributed by atoms with E-state index < -0.39 is 0 Å². The van der Waals surface area contributed by atoms with Crippen molar-refractivity contribution in [1.82, 2.24) is 4.98 Å². The molecule has 0 fully saturated rings. The second-order valence-corrected chi connectivity index (χ2v) is 4.92. The Morgan fingerprint density at radius 3 is 2.79 bits per heavy atom. The lowest BCUT2D eigenvalue weighted by Crippen LogP contribution is -1.83. The Balaban J connectivity index is 2.54. The van der Waals surface area contributed by atoms with Gasteiger partial charge in [-0.05, 0) is 24.1 Å². The molecule has 0 aliphatic rings. The van der Waals surface area contributed by atoms with Gasteiger partial charge in [-0.25, -0.2) is 4.98 Å². The molecular weight excluding hydrogens is 190 g/mol. The van der Waals surface area contributed by atoms with E-state index in [4.69, 9.17) is 0 Å². The second kappa shape index (κ2) is 3.70. The Morgan fingerprint density at radius 1 is 1.36 bits per heavy atom. The standard InChI is InChI=1S/C12H15NS/c1-4-9-5-6-10-11(7-9)14-12(13-10)8(2)3/h5-8H,4H2,1-3H3. The minimum atomic E-state index is 0.539. The SMILES string of the molecule is CCc1ccc2nc(C(C)C)sc2c1. The third kappa shape index (κ3) is 1.67. The number of nitrogens with zero attached hydrogens (tertiary/aromatic N) is 1. The van der Waals surface area contributed by atoms with Crippen LogP contribution in [0.1, 0.15) is 37.3 Å². The fourth-order valence-corrected chi connectivity index (χ4v) is 2.49. The lowest BCUT2D eigenvalue weighted by atomic mass is 10.2. The predicted molar refractivity (Wildman–Crippen MR) is 63.1 cm³/mol. The van der Waals surface area contributed by atoms with Crippen LogP contribution < -0.4 is 0 Å². The molecule has 2 rings (SSSR count). The van der Waals surface area contributed by atoms with Gasteiger partial charge in [0.1, 0.15) is 0 Å². The molecule has 0 saturated carbocycles. The van der Waals surface area contributed by atoms with Crippen LogP contribution in [0.4, 0.5) is 0 Å². The van der Waals surface area contributed by atoms with Crippen molar-refractivity contribution < 1.29 is 0 Å². The molecule has 1 aromatic carbocycles. The molecule has 0 radical (unpaired) electrons. The number of benzene rings is 1. The first-order valence-corrected chi connectivity index (χ1v) is 5.91. The van der Waals surface area contributed by atoms with Crippen LogP contribution in [0.25, 0.3) is 10.2 Å². The number of fused-ring (bicyclic) bond motifs is 1. The molecule has 0 N–H and O–H groups in total. The summed E-state index contributed by atoms with van der Waals surface area (Å²) < 4.78 is 1.33. The number of hydrogen-bond acceptors (Lipinski definition) is 2. The Bertz CT molecular complexity index is 443. The first-order chi connectivity index (χ1) is 6.70. The fraction of sp³-hybridized carbons (Fsp3) is 0.417. The van der Waals surface area contributed by atoms with E-state index in [2.05, 4.69) is 44.0 Å². The van der Waals surface area contributed by atoms with Gasteiger partial charge in [-0.15, -0.1) is 11.3 Å². The molecule has 1 heterocycles. The molecular formula is C12H15NS. The molecule has 0 saturated heterocycles. The van der Waals surface area contributed by atoms with Crippen LogP contribution in [0.15, 0.2) is 18.2 Å². The van der Waals surface area contributed by atoms with Crippen molar-refractivity contribution >= 4 is 21.6 Å². The summed E-state index contributed by atoms with van der Waals surface area (Å²) in [4.78, 5) is 4.61. The lowest BCUT2D eigenvalue weighted by molar-refractivity contribution is 0.857. The molecule has 2 heteroatoms. The third-order valence-corrected chi connectivity index (χ3v) is 3.69. The zero-order chi connectivity index (χ0) is 10.1. The summed E-state index contributed by atoms with van der Waals surface area (Å²) in [6.07, 6.45) is 1.10. The quantitative estimate of drug-likeness (QED) is 0.722. The normalized spacial score (nSPS) is 11.4. The summed E-state index contributed by atoms with van der Waals surface area (Å²) in [7, 11) is 0. The topological polar surface area (TPSA) is 12.9 Å².